The second kappa shape index (κ2) is 8.29. The molecule has 2 aliphatic heterocycles. The van der Waals surface area contributed by atoms with Crippen LogP contribution in [0.15, 0.2) is 45.0 Å². The van der Waals surface area contributed by atoms with Crippen LogP contribution in [0.5, 0.6) is 0 Å². The molecule has 1 aromatic rings. The van der Waals surface area contributed by atoms with Crippen LogP contribution in [0, 0.1) is 5.92 Å². The van der Waals surface area contributed by atoms with Crippen LogP contribution < -0.4 is 0 Å². The number of ether oxygens (including phenoxy) is 2. The quantitative estimate of drug-likeness (QED) is 0.645. The largest absolute Gasteiger partial charge is 0.462 e. The number of aliphatic imine (C=N–C) groups is 1. The fraction of sp³-hybridized carbons (Fsp3) is 0.500. The lowest BCUT2D eigenvalue weighted by atomic mass is 9.72. The molecule has 148 valence electrons. The van der Waals surface area contributed by atoms with E-state index in [1.165, 1.54) is 0 Å². The van der Waals surface area contributed by atoms with E-state index in [9.17, 15) is 9.59 Å². The van der Waals surface area contributed by atoms with E-state index in [0.29, 0.717) is 17.7 Å². The first-order valence-corrected chi connectivity index (χ1v) is 10.7. The van der Waals surface area contributed by atoms with Crippen molar-refractivity contribution in [1.82, 2.24) is 0 Å². The molecule has 1 aliphatic carbocycles. The van der Waals surface area contributed by atoms with Crippen LogP contribution in [-0.4, -0.2) is 36.8 Å². The van der Waals surface area contributed by atoms with Crippen LogP contribution >= 0.6 is 15.9 Å². The Morgan fingerprint density at radius 3 is 2.86 bits per heavy atom. The molecular formula is C22H24BrNO4. The Balaban J connectivity index is 1.70. The second-order valence-electron chi connectivity index (χ2n) is 7.63. The van der Waals surface area contributed by atoms with Crippen molar-refractivity contribution in [2.75, 3.05) is 13.2 Å². The summed E-state index contributed by atoms with van der Waals surface area (Å²) in [6.07, 6.45) is 3.97. The highest BCUT2D eigenvalue weighted by Gasteiger charge is 2.43. The van der Waals surface area contributed by atoms with Gasteiger partial charge in [-0.05, 0) is 44.2 Å². The molecule has 1 unspecified atom stereocenters. The van der Waals surface area contributed by atoms with Gasteiger partial charge in [0.05, 0.1) is 6.10 Å². The highest BCUT2D eigenvalue weighted by atomic mass is 79.9. The van der Waals surface area contributed by atoms with E-state index < -0.39 is 5.92 Å². The zero-order valence-corrected chi connectivity index (χ0v) is 17.5. The second-order valence-corrected chi connectivity index (χ2v) is 8.49. The topological polar surface area (TPSA) is 65.0 Å². The minimum Gasteiger partial charge on any atom is -0.462 e. The summed E-state index contributed by atoms with van der Waals surface area (Å²) in [6, 6.07) is 7.78. The number of hydrogen-bond donors (Lipinski definition) is 0. The molecule has 28 heavy (non-hydrogen) atoms. The van der Waals surface area contributed by atoms with E-state index in [1.807, 2.05) is 31.2 Å². The van der Waals surface area contributed by atoms with Crippen LogP contribution in [-0.2, 0) is 19.1 Å². The van der Waals surface area contributed by atoms with Crippen LogP contribution in [0.1, 0.15) is 50.5 Å². The Bertz CT molecular complexity index is 854. The number of rotatable bonds is 4. The molecule has 0 bridgehead atoms. The molecule has 3 atom stereocenters. The third-order valence-corrected chi connectivity index (χ3v) is 6.49. The zero-order valence-electron chi connectivity index (χ0n) is 15.9. The van der Waals surface area contributed by atoms with Crippen molar-refractivity contribution in [3.8, 4) is 0 Å². The third kappa shape index (κ3) is 3.72. The maximum atomic E-state index is 13.1. The molecule has 0 amide bonds. The number of hydrogen-bond acceptors (Lipinski definition) is 5. The molecule has 1 fully saturated rings. The summed E-state index contributed by atoms with van der Waals surface area (Å²) in [5, 5.41) is 0. The van der Waals surface area contributed by atoms with Crippen molar-refractivity contribution < 1.29 is 19.1 Å². The Morgan fingerprint density at radius 2 is 2.11 bits per heavy atom. The number of Topliss-reactive ketones (excluding diaryl/α,β-unsaturated/α-hetero) is 1. The average Bonchev–Trinajstić information content (AvgIpc) is 3.19. The van der Waals surface area contributed by atoms with E-state index in [0.717, 1.165) is 48.0 Å². The molecule has 6 heteroatoms. The van der Waals surface area contributed by atoms with Gasteiger partial charge in [0.25, 0.3) is 0 Å². The monoisotopic (exact) mass is 445 g/mol. The van der Waals surface area contributed by atoms with Gasteiger partial charge in [-0.2, -0.15) is 0 Å². The molecule has 3 aliphatic rings. The highest BCUT2D eigenvalue weighted by molar-refractivity contribution is 9.10. The molecule has 4 rings (SSSR count). The van der Waals surface area contributed by atoms with Gasteiger partial charge in [-0.1, -0.05) is 34.1 Å². The number of carbonyl (C=O) groups excluding carboxylic acids is 2. The van der Waals surface area contributed by atoms with Gasteiger partial charge < -0.3 is 9.47 Å². The van der Waals surface area contributed by atoms with E-state index in [1.54, 1.807) is 0 Å². The van der Waals surface area contributed by atoms with Gasteiger partial charge in [-0.3, -0.25) is 14.6 Å². The van der Waals surface area contributed by atoms with Crippen LogP contribution in [0.2, 0.25) is 0 Å². The number of ketones is 1. The maximum absolute atomic E-state index is 13.1. The third-order valence-electron chi connectivity index (χ3n) is 5.76. The summed E-state index contributed by atoms with van der Waals surface area (Å²) < 4.78 is 12.1. The van der Waals surface area contributed by atoms with Gasteiger partial charge >= 0.3 is 5.97 Å². The Morgan fingerprint density at radius 1 is 1.29 bits per heavy atom. The number of nitrogens with zero attached hydrogens (tertiary/aromatic N) is 1. The van der Waals surface area contributed by atoms with Crippen molar-refractivity contribution in [2.24, 2.45) is 10.9 Å². The average molecular weight is 446 g/mol. The maximum Gasteiger partial charge on any atom is 0.315 e. The fourth-order valence-electron chi connectivity index (χ4n) is 4.42. The lowest BCUT2D eigenvalue weighted by molar-refractivity contribution is -0.149. The van der Waals surface area contributed by atoms with Gasteiger partial charge in [-0.25, -0.2) is 0 Å². The van der Waals surface area contributed by atoms with E-state index in [4.69, 9.17) is 9.47 Å². The van der Waals surface area contributed by atoms with Crippen LogP contribution in [0.4, 0.5) is 0 Å². The molecule has 5 nitrogen and oxygen atoms in total. The first-order valence-electron chi connectivity index (χ1n) is 9.90. The van der Waals surface area contributed by atoms with Crippen molar-refractivity contribution in [3.63, 3.8) is 0 Å². The van der Waals surface area contributed by atoms with Gasteiger partial charge in [0.1, 0.15) is 12.5 Å². The van der Waals surface area contributed by atoms with Gasteiger partial charge in [-0.15, -0.1) is 0 Å². The molecule has 0 N–H and O–H groups in total. The van der Waals surface area contributed by atoms with E-state index in [-0.39, 0.29) is 30.4 Å². The number of benzene rings is 1. The number of allylic oxidation sites excluding steroid dienone is 2. The predicted octanol–water partition coefficient (Wildman–Crippen LogP) is 4.35. The number of esters is 1. The van der Waals surface area contributed by atoms with Crippen LogP contribution in [0.25, 0.3) is 0 Å². The summed E-state index contributed by atoms with van der Waals surface area (Å²) >= 11 is 3.61. The molecule has 1 aromatic carbocycles. The molecular weight excluding hydrogens is 422 g/mol. The first kappa shape index (κ1) is 19.5. The van der Waals surface area contributed by atoms with Crippen molar-refractivity contribution in [3.05, 3.63) is 45.6 Å². The van der Waals surface area contributed by atoms with Crippen molar-refractivity contribution in [2.45, 2.75) is 51.0 Å². The molecule has 0 spiro atoms. The van der Waals surface area contributed by atoms with Gasteiger partial charge in [0.15, 0.2) is 5.78 Å². The smallest absolute Gasteiger partial charge is 0.315 e. The molecule has 0 aromatic heterocycles. The van der Waals surface area contributed by atoms with E-state index in [2.05, 4.69) is 20.9 Å². The minimum absolute atomic E-state index is 0.0298. The fourth-order valence-corrected chi connectivity index (χ4v) is 4.95. The summed E-state index contributed by atoms with van der Waals surface area (Å²) in [5.41, 5.74) is 3.16. The number of halogens is 1. The molecule has 0 saturated carbocycles. The van der Waals surface area contributed by atoms with Crippen molar-refractivity contribution in [1.29, 1.82) is 0 Å². The SMILES string of the molecule is CC1=NC2=C(C(=O)CCC2)[C@@H](c2ccccc2Br)C1C(=O)OC[C@@H]1CCCO1. The Kier molecular flexibility index (Phi) is 5.78. The summed E-state index contributed by atoms with van der Waals surface area (Å²) in [7, 11) is 0. The van der Waals surface area contributed by atoms with Crippen molar-refractivity contribution >= 4 is 33.4 Å². The predicted molar refractivity (Wildman–Crippen MR) is 109 cm³/mol. The lowest BCUT2D eigenvalue weighted by Crippen LogP contribution is -2.38. The number of carbonyl (C=O) groups is 2. The Hall–Kier alpha value is -1.79. The normalized spacial score (nSPS) is 27.4. The van der Waals surface area contributed by atoms with Crippen LogP contribution in [0.3, 0.4) is 0 Å². The summed E-state index contributed by atoms with van der Waals surface area (Å²) in [5.74, 6) is -1.20. The molecule has 1 saturated heterocycles. The van der Waals surface area contributed by atoms with Gasteiger partial charge in [0.2, 0.25) is 0 Å². The van der Waals surface area contributed by atoms with E-state index >= 15 is 0 Å². The van der Waals surface area contributed by atoms with Gasteiger partial charge in [0, 0.05) is 40.4 Å². The zero-order chi connectivity index (χ0) is 19.7. The standard InChI is InChI=1S/C22H24BrNO4/c1-13-19(22(26)28-12-14-6-5-11-27-14)20(15-7-2-3-8-16(15)23)21-17(24-13)9-4-10-18(21)25/h2-3,7-8,14,19-20H,4-6,9-12H2,1H3/t14-,19?,20-/m0/s1. The first-order chi connectivity index (χ1) is 13.6. The summed E-state index contributed by atoms with van der Waals surface area (Å²) in [6.45, 7) is 2.84. The highest BCUT2D eigenvalue weighted by Crippen LogP contribution is 2.45. The Labute approximate surface area is 173 Å². The molecule has 0 radical (unpaired) electrons. The molecule has 2 heterocycles. The summed E-state index contributed by atoms with van der Waals surface area (Å²) in [4.78, 5) is 30.7. The lowest BCUT2D eigenvalue weighted by Gasteiger charge is -2.35. The minimum atomic E-state index is -0.596.